The van der Waals surface area contributed by atoms with Gasteiger partial charge in [-0.25, -0.2) is 14.2 Å². The zero-order chi connectivity index (χ0) is 25.2. The van der Waals surface area contributed by atoms with Gasteiger partial charge in [0.05, 0.1) is 10.9 Å². The van der Waals surface area contributed by atoms with E-state index in [1.54, 1.807) is 60.8 Å². The molecule has 5 rings (SSSR count). The Morgan fingerprint density at radius 1 is 0.861 bits per heavy atom. The zero-order valence-corrected chi connectivity index (χ0v) is 19.0. The second-order valence-electron chi connectivity index (χ2n) is 8.42. The van der Waals surface area contributed by atoms with Crippen molar-refractivity contribution < 1.29 is 14.7 Å². The SMILES string of the molecule is O=C(O)C(NC(=O)C(Cc1c[nH]c2ccccc12)n1c(=O)[nH]c2ccccc2c1=O)c1ccccc1. The van der Waals surface area contributed by atoms with Crippen molar-refractivity contribution in [2.75, 3.05) is 0 Å². The van der Waals surface area contributed by atoms with Crippen molar-refractivity contribution in [2.24, 2.45) is 0 Å². The number of H-pyrrole nitrogens is 2. The molecule has 0 aliphatic carbocycles. The van der Waals surface area contributed by atoms with Gasteiger partial charge in [-0.2, -0.15) is 0 Å². The fourth-order valence-corrected chi connectivity index (χ4v) is 4.44. The fraction of sp³-hybridized carbons (Fsp3) is 0.111. The summed E-state index contributed by atoms with van der Waals surface area (Å²) in [5.41, 5.74) is 0.855. The molecule has 0 aliphatic heterocycles. The van der Waals surface area contributed by atoms with Crippen LogP contribution in [0.2, 0.25) is 0 Å². The molecule has 0 aliphatic rings. The highest BCUT2D eigenvalue weighted by Crippen LogP contribution is 2.23. The highest BCUT2D eigenvalue weighted by atomic mass is 16.4. The van der Waals surface area contributed by atoms with Crippen LogP contribution in [0.5, 0.6) is 0 Å². The molecular formula is C27H22N4O5. The maximum Gasteiger partial charge on any atom is 0.330 e. The molecular weight excluding hydrogens is 460 g/mol. The number of nitrogens with one attached hydrogen (secondary N) is 3. The van der Waals surface area contributed by atoms with Gasteiger partial charge in [0.1, 0.15) is 6.04 Å². The van der Waals surface area contributed by atoms with E-state index >= 15 is 0 Å². The van der Waals surface area contributed by atoms with Gasteiger partial charge in [0.25, 0.3) is 5.56 Å². The van der Waals surface area contributed by atoms with Crippen LogP contribution in [-0.4, -0.2) is 31.5 Å². The number of hydrogen-bond acceptors (Lipinski definition) is 4. The summed E-state index contributed by atoms with van der Waals surface area (Å²) in [6.45, 7) is 0. The number of carbonyl (C=O) groups excluding carboxylic acids is 1. The molecule has 3 aromatic carbocycles. The van der Waals surface area contributed by atoms with E-state index in [2.05, 4.69) is 15.3 Å². The van der Waals surface area contributed by atoms with Crippen molar-refractivity contribution in [1.29, 1.82) is 0 Å². The highest BCUT2D eigenvalue weighted by Gasteiger charge is 2.30. The average molecular weight is 482 g/mol. The number of benzene rings is 3. The largest absolute Gasteiger partial charge is 0.479 e. The lowest BCUT2D eigenvalue weighted by Gasteiger charge is -2.22. The molecule has 9 nitrogen and oxygen atoms in total. The summed E-state index contributed by atoms with van der Waals surface area (Å²) in [7, 11) is 0. The number of carboxylic acids is 1. The molecule has 36 heavy (non-hydrogen) atoms. The lowest BCUT2D eigenvalue weighted by Crippen LogP contribution is -2.47. The summed E-state index contributed by atoms with van der Waals surface area (Å²) >= 11 is 0. The van der Waals surface area contributed by atoms with Crippen LogP contribution in [0.4, 0.5) is 0 Å². The van der Waals surface area contributed by atoms with Gasteiger partial charge in [-0.1, -0.05) is 60.7 Å². The van der Waals surface area contributed by atoms with Gasteiger partial charge in [-0.05, 0) is 29.3 Å². The van der Waals surface area contributed by atoms with Crippen molar-refractivity contribution in [1.82, 2.24) is 19.9 Å². The van der Waals surface area contributed by atoms with Gasteiger partial charge >= 0.3 is 11.7 Å². The van der Waals surface area contributed by atoms with Gasteiger partial charge in [0, 0.05) is 23.5 Å². The highest BCUT2D eigenvalue weighted by molar-refractivity contribution is 5.89. The van der Waals surface area contributed by atoms with Crippen LogP contribution in [0.3, 0.4) is 0 Å². The third kappa shape index (κ3) is 4.18. The minimum Gasteiger partial charge on any atom is -0.479 e. The molecule has 4 N–H and O–H groups in total. The molecule has 0 radical (unpaired) electrons. The predicted molar refractivity (Wildman–Crippen MR) is 135 cm³/mol. The second kappa shape index (κ2) is 9.38. The molecule has 0 saturated heterocycles. The summed E-state index contributed by atoms with van der Waals surface area (Å²) in [5, 5.41) is 13.4. The molecule has 2 atom stereocenters. The zero-order valence-electron chi connectivity index (χ0n) is 19.0. The Morgan fingerprint density at radius 2 is 1.50 bits per heavy atom. The Kier molecular flexibility index (Phi) is 5.95. The van der Waals surface area contributed by atoms with Crippen LogP contribution in [0.1, 0.15) is 23.2 Å². The van der Waals surface area contributed by atoms with Gasteiger partial charge in [0.2, 0.25) is 5.91 Å². The predicted octanol–water partition coefficient (Wildman–Crippen LogP) is 2.90. The van der Waals surface area contributed by atoms with Crippen LogP contribution < -0.4 is 16.6 Å². The maximum absolute atomic E-state index is 13.6. The summed E-state index contributed by atoms with van der Waals surface area (Å²) < 4.78 is 0.864. The molecule has 1 amide bonds. The Morgan fingerprint density at radius 3 is 2.22 bits per heavy atom. The summed E-state index contributed by atoms with van der Waals surface area (Å²) in [4.78, 5) is 58.0. The topological polar surface area (TPSA) is 137 Å². The van der Waals surface area contributed by atoms with Crippen molar-refractivity contribution >= 4 is 33.7 Å². The quantitative estimate of drug-likeness (QED) is 0.283. The summed E-state index contributed by atoms with van der Waals surface area (Å²) in [5.74, 6) is -2.03. The molecule has 0 saturated carbocycles. The Balaban J connectivity index is 1.63. The number of carbonyl (C=O) groups is 2. The first kappa shape index (κ1) is 22.9. The number of para-hydroxylation sites is 2. The Bertz CT molecular complexity index is 1700. The molecule has 2 unspecified atom stereocenters. The monoisotopic (exact) mass is 482 g/mol. The van der Waals surface area contributed by atoms with E-state index in [-0.39, 0.29) is 11.8 Å². The smallest absolute Gasteiger partial charge is 0.330 e. The normalized spacial score (nSPS) is 12.9. The minimum absolute atomic E-state index is 0.0156. The van der Waals surface area contributed by atoms with Crippen LogP contribution >= 0.6 is 0 Å². The van der Waals surface area contributed by atoms with Gasteiger partial charge in [-0.15, -0.1) is 0 Å². The number of aliphatic carboxylic acids is 1. The first-order chi connectivity index (χ1) is 17.4. The number of aromatic nitrogens is 3. The van der Waals surface area contributed by atoms with Crippen LogP contribution in [0.15, 0.2) is 94.6 Å². The van der Waals surface area contributed by atoms with Crippen molar-refractivity contribution in [3.05, 3.63) is 117 Å². The van der Waals surface area contributed by atoms with Crippen molar-refractivity contribution in [3.8, 4) is 0 Å². The number of nitrogens with zero attached hydrogens (tertiary/aromatic N) is 1. The van der Waals surface area contributed by atoms with E-state index in [0.29, 0.717) is 16.6 Å². The van der Waals surface area contributed by atoms with E-state index in [9.17, 15) is 24.3 Å². The molecule has 180 valence electrons. The number of carboxylic acid groups (broad SMARTS) is 1. The molecule has 0 spiro atoms. The summed E-state index contributed by atoms with van der Waals surface area (Å²) in [6, 6.07) is 19.5. The van der Waals surface area contributed by atoms with Crippen molar-refractivity contribution in [3.63, 3.8) is 0 Å². The molecule has 5 aromatic rings. The van der Waals surface area contributed by atoms with Crippen LogP contribution in [0.25, 0.3) is 21.8 Å². The molecule has 2 heterocycles. The number of fused-ring (bicyclic) bond motifs is 2. The Labute approximate surface area is 204 Å². The lowest BCUT2D eigenvalue weighted by atomic mass is 10.0. The maximum atomic E-state index is 13.6. The number of rotatable bonds is 7. The first-order valence-corrected chi connectivity index (χ1v) is 11.3. The number of hydrogen-bond donors (Lipinski definition) is 4. The lowest BCUT2D eigenvalue weighted by molar-refractivity contribution is -0.142. The summed E-state index contributed by atoms with van der Waals surface area (Å²) in [6.07, 6.45) is 1.70. The van der Waals surface area contributed by atoms with Crippen LogP contribution in [0, 0.1) is 0 Å². The van der Waals surface area contributed by atoms with E-state index in [1.807, 2.05) is 24.3 Å². The Hall–Kier alpha value is -4.92. The van der Waals surface area contributed by atoms with E-state index in [4.69, 9.17) is 0 Å². The van der Waals surface area contributed by atoms with Crippen molar-refractivity contribution in [2.45, 2.75) is 18.5 Å². The molecule has 0 fully saturated rings. The van der Waals surface area contributed by atoms with E-state index in [1.165, 1.54) is 0 Å². The first-order valence-electron chi connectivity index (χ1n) is 11.3. The number of aromatic amines is 2. The average Bonchev–Trinajstić information content (AvgIpc) is 3.29. The van der Waals surface area contributed by atoms with Crippen LogP contribution in [-0.2, 0) is 16.0 Å². The molecule has 2 aromatic heterocycles. The number of amides is 1. The second-order valence-corrected chi connectivity index (χ2v) is 8.42. The van der Waals surface area contributed by atoms with Gasteiger partial charge < -0.3 is 20.4 Å². The third-order valence-electron chi connectivity index (χ3n) is 6.21. The van der Waals surface area contributed by atoms with E-state index < -0.39 is 35.2 Å². The standard InChI is InChI=1S/C27H22N4O5/c32-24(30-23(26(34)35)16-8-2-1-3-9-16)22(14-17-15-28-20-12-6-4-10-18(17)20)31-25(33)19-11-5-7-13-21(19)29-27(31)36/h1-13,15,22-23,28H,14H2,(H,29,36)(H,30,32)(H,34,35). The minimum atomic E-state index is -1.36. The molecule has 0 bridgehead atoms. The van der Waals surface area contributed by atoms with Gasteiger partial charge in [-0.3, -0.25) is 9.59 Å². The third-order valence-corrected chi connectivity index (χ3v) is 6.21. The molecule has 9 heteroatoms. The van der Waals surface area contributed by atoms with E-state index in [0.717, 1.165) is 15.5 Å². The fourth-order valence-electron chi connectivity index (χ4n) is 4.44. The van der Waals surface area contributed by atoms with Gasteiger partial charge in [0.15, 0.2) is 6.04 Å².